The standard InChI is InChI=1S/C14H16ClN2O2.HI/c1-3-19-14(18)9-7-11-12(8-10(9)15)17-6-4-5-13(17)16(11)2;/h7-8H,3-6H2,1-2H3;1H/q+1;/p-1. The van der Waals surface area contributed by atoms with E-state index in [9.17, 15) is 4.79 Å². The average Bonchev–Trinajstić information content (AvgIpc) is 2.94. The number of aromatic nitrogens is 2. The Labute approximate surface area is 139 Å². The summed E-state index contributed by atoms with van der Waals surface area (Å²) in [7, 11) is 2.03. The monoisotopic (exact) mass is 406 g/mol. The lowest BCUT2D eigenvalue weighted by Gasteiger charge is -2.03. The number of imidazole rings is 1. The first-order valence-corrected chi connectivity index (χ1v) is 6.89. The van der Waals surface area contributed by atoms with Gasteiger partial charge in [-0.25, -0.2) is 13.9 Å². The largest absolute Gasteiger partial charge is 1.00 e. The fourth-order valence-electron chi connectivity index (χ4n) is 2.81. The van der Waals surface area contributed by atoms with Gasteiger partial charge in [-0.05, 0) is 13.3 Å². The summed E-state index contributed by atoms with van der Waals surface area (Å²) in [6.07, 6.45) is 2.23. The first kappa shape index (κ1) is 15.6. The van der Waals surface area contributed by atoms with Crippen LogP contribution >= 0.6 is 11.6 Å². The molecule has 0 saturated carbocycles. The fourth-order valence-corrected chi connectivity index (χ4v) is 3.04. The second kappa shape index (κ2) is 5.89. The van der Waals surface area contributed by atoms with Crippen molar-refractivity contribution in [1.82, 2.24) is 4.57 Å². The molecule has 2 heterocycles. The van der Waals surface area contributed by atoms with Crippen LogP contribution in [0, 0.1) is 0 Å². The van der Waals surface area contributed by atoms with E-state index < -0.39 is 0 Å². The van der Waals surface area contributed by atoms with E-state index in [1.54, 1.807) is 6.92 Å². The van der Waals surface area contributed by atoms with E-state index in [0.29, 0.717) is 17.2 Å². The zero-order chi connectivity index (χ0) is 13.6. The summed E-state index contributed by atoms with van der Waals surface area (Å²) in [6.45, 7) is 3.16. The maximum Gasteiger partial charge on any atom is 0.339 e. The molecule has 0 unspecified atom stereocenters. The van der Waals surface area contributed by atoms with Crippen LogP contribution in [0.2, 0.25) is 5.02 Å². The Morgan fingerprint density at radius 1 is 1.50 bits per heavy atom. The molecule has 0 bridgehead atoms. The maximum absolute atomic E-state index is 11.9. The first-order valence-electron chi connectivity index (χ1n) is 6.51. The number of esters is 1. The van der Waals surface area contributed by atoms with Crippen molar-refractivity contribution in [2.24, 2.45) is 7.05 Å². The van der Waals surface area contributed by atoms with E-state index in [4.69, 9.17) is 16.3 Å². The van der Waals surface area contributed by atoms with Gasteiger partial charge < -0.3 is 28.7 Å². The summed E-state index contributed by atoms with van der Waals surface area (Å²) in [5.74, 6) is 0.924. The van der Waals surface area contributed by atoms with Crippen molar-refractivity contribution in [3.05, 3.63) is 28.5 Å². The van der Waals surface area contributed by atoms with Gasteiger partial charge >= 0.3 is 5.97 Å². The molecule has 0 saturated heterocycles. The average molecular weight is 407 g/mol. The molecule has 0 amide bonds. The lowest BCUT2D eigenvalue weighted by molar-refractivity contribution is -0.653. The number of aryl methyl sites for hydroxylation is 2. The highest BCUT2D eigenvalue weighted by atomic mass is 127. The van der Waals surface area contributed by atoms with Gasteiger partial charge in [0, 0.05) is 12.1 Å². The molecule has 0 spiro atoms. The second-order valence-corrected chi connectivity index (χ2v) is 5.18. The van der Waals surface area contributed by atoms with Crippen molar-refractivity contribution >= 4 is 28.6 Å². The van der Waals surface area contributed by atoms with Gasteiger partial charge in [-0.2, -0.15) is 0 Å². The van der Waals surface area contributed by atoms with Crippen LogP contribution in [0.15, 0.2) is 12.1 Å². The number of hydrogen-bond donors (Lipinski definition) is 0. The zero-order valence-electron chi connectivity index (χ0n) is 11.4. The summed E-state index contributed by atoms with van der Waals surface area (Å²) < 4.78 is 9.45. The highest BCUT2D eigenvalue weighted by molar-refractivity contribution is 6.34. The molecule has 0 aliphatic carbocycles. The summed E-state index contributed by atoms with van der Waals surface area (Å²) in [6, 6.07) is 3.71. The van der Waals surface area contributed by atoms with Crippen LogP contribution in [-0.2, 0) is 24.8 Å². The smallest absolute Gasteiger partial charge is 0.339 e. The normalized spacial score (nSPS) is 13.2. The molecule has 20 heavy (non-hydrogen) atoms. The third-order valence-electron chi connectivity index (χ3n) is 3.69. The fraction of sp³-hybridized carbons (Fsp3) is 0.429. The molecule has 4 nitrogen and oxygen atoms in total. The van der Waals surface area contributed by atoms with E-state index in [1.807, 2.05) is 19.2 Å². The predicted molar refractivity (Wildman–Crippen MR) is 72.4 cm³/mol. The molecule has 1 aliphatic heterocycles. The van der Waals surface area contributed by atoms with Gasteiger partial charge in [0.15, 0.2) is 11.0 Å². The lowest BCUT2D eigenvalue weighted by Crippen LogP contribution is -3.00. The Hall–Kier alpha value is -0.820. The van der Waals surface area contributed by atoms with E-state index in [1.165, 1.54) is 5.82 Å². The number of rotatable bonds is 2. The van der Waals surface area contributed by atoms with Crippen LogP contribution in [0.4, 0.5) is 0 Å². The molecule has 108 valence electrons. The number of ether oxygens (including phenoxy) is 1. The van der Waals surface area contributed by atoms with E-state index >= 15 is 0 Å². The summed E-state index contributed by atoms with van der Waals surface area (Å²) in [5.41, 5.74) is 2.56. The molecule has 2 aromatic rings. The van der Waals surface area contributed by atoms with Crippen LogP contribution in [0.1, 0.15) is 29.5 Å². The van der Waals surface area contributed by atoms with Gasteiger partial charge in [-0.3, -0.25) is 0 Å². The Morgan fingerprint density at radius 2 is 2.25 bits per heavy atom. The van der Waals surface area contributed by atoms with Crippen LogP contribution in [0.5, 0.6) is 0 Å². The van der Waals surface area contributed by atoms with Gasteiger partial charge in [0.2, 0.25) is 0 Å². The minimum absolute atomic E-state index is 0. The van der Waals surface area contributed by atoms with Crippen molar-refractivity contribution in [1.29, 1.82) is 0 Å². The number of hydrogen-bond acceptors (Lipinski definition) is 2. The lowest BCUT2D eigenvalue weighted by atomic mass is 10.2. The number of halogens is 2. The molecule has 0 fully saturated rings. The van der Waals surface area contributed by atoms with Gasteiger partial charge in [0.1, 0.15) is 0 Å². The van der Waals surface area contributed by atoms with Gasteiger partial charge in [-0.1, -0.05) is 11.6 Å². The first-order chi connectivity index (χ1) is 9.13. The number of nitrogens with zero attached hydrogens (tertiary/aromatic N) is 2. The van der Waals surface area contributed by atoms with Crippen molar-refractivity contribution in [2.75, 3.05) is 6.61 Å². The van der Waals surface area contributed by atoms with Crippen LogP contribution in [-0.4, -0.2) is 17.1 Å². The number of carbonyl (C=O) groups excluding carboxylic acids is 1. The van der Waals surface area contributed by atoms with Crippen molar-refractivity contribution in [3.8, 4) is 0 Å². The maximum atomic E-state index is 11.9. The molecule has 1 aliphatic rings. The molecule has 6 heteroatoms. The van der Waals surface area contributed by atoms with Crippen LogP contribution in [0.3, 0.4) is 0 Å². The van der Waals surface area contributed by atoms with E-state index in [-0.39, 0.29) is 29.9 Å². The second-order valence-electron chi connectivity index (χ2n) is 4.77. The Balaban J connectivity index is 0.00000147. The highest BCUT2D eigenvalue weighted by Gasteiger charge is 2.28. The quantitative estimate of drug-likeness (QED) is 0.374. The Morgan fingerprint density at radius 3 is 2.95 bits per heavy atom. The zero-order valence-corrected chi connectivity index (χ0v) is 14.4. The SMILES string of the molecule is CCOC(=O)c1cc2c(cc1Cl)n1c([n+]2C)CCC1.[I-]. The summed E-state index contributed by atoms with van der Waals surface area (Å²) >= 11 is 6.22. The van der Waals surface area contributed by atoms with Gasteiger partial charge in [-0.15, -0.1) is 0 Å². The minimum Gasteiger partial charge on any atom is -1.00 e. The van der Waals surface area contributed by atoms with Crippen molar-refractivity contribution in [3.63, 3.8) is 0 Å². The summed E-state index contributed by atoms with van der Waals surface area (Å²) in [5, 5.41) is 0.457. The van der Waals surface area contributed by atoms with E-state index in [2.05, 4.69) is 9.13 Å². The highest BCUT2D eigenvalue weighted by Crippen LogP contribution is 2.27. The van der Waals surface area contributed by atoms with Crippen LogP contribution in [0.25, 0.3) is 11.0 Å². The number of fused-ring (bicyclic) bond motifs is 3. The van der Waals surface area contributed by atoms with Gasteiger partial charge in [0.25, 0.3) is 5.82 Å². The third kappa shape index (κ3) is 2.30. The van der Waals surface area contributed by atoms with E-state index in [0.717, 1.165) is 30.4 Å². The molecule has 0 radical (unpaired) electrons. The third-order valence-corrected chi connectivity index (χ3v) is 4.01. The van der Waals surface area contributed by atoms with Gasteiger partial charge in [0.05, 0.1) is 37.2 Å². The Kier molecular flexibility index (Phi) is 4.59. The molecule has 0 atom stereocenters. The topological polar surface area (TPSA) is 35.1 Å². The molecule has 3 rings (SSSR count). The molecular formula is C14H16ClIN2O2. The molecule has 1 aromatic carbocycles. The van der Waals surface area contributed by atoms with Crippen LogP contribution < -0.4 is 28.5 Å². The molecular weight excluding hydrogens is 391 g/mol. The summed E-state index contributed by atoms with van der Waals surface area (Å²) in [4.78, 5) is 11.9. The molecule has 0 N–H and O–H groups in total. The Bertz CT molecular complexity index is 682. The predicted octanol–water partition coefficient (Wildman–Crippen LogP) is -0.754. The number of benzene rings is 1. The van der Waals surface area contributed by atoms with Crippen molar-refractivity contribution < 1.29 is 38.1 Å². The minimum atomic E-state index is -0.360. The number of carbonyl (C=O) groups is 1. The molecule has 1 aromatic heterocycles. The van der Waals surface area contributed by atoms with Crippen molar-refractivity contribution in [2.45, 2.75) is 26.3 Å².